The monoisotopic (exact) mass is 204 g/mol. The van der Waals surface area contributed by atoms with Crippen molar-refractivity contribution in [2.75, 3.05) is 5.32 Å². The van der Waals surface area contributed by atoms with Crippen molar-refractivity contribution in [2.24, 2.45) is 5.73 Å². The van der Waals surface area contributed by atoms with Crippen LogP contribution in [-0.4, -0.2) is 12.1 Å². The van der Waals surface area contributed by atoms with E-state index in [2.05, 4.69) is 37.4 Å². The zero-order valence-electron chi connectivity index (χ0n) is 9.59. The maximum atomic E-state index is 5.79. The number of nitrogens with two attached hydrogens (primary N) is 1. The highest BCUT2D eigenvalue weighted by Crippen LogP contribution is 2.27. The third-order valence-corrected chi connectivity index (χ3v) is 3.26. The Kier molecular flexibility index (Phi) is 2.96. The molecule has 1 aliphatic rings. The fourth-order valence-corrected chi connectivity index (χ4v) is 2.21. The molecule has 0 amide bonds. The highest BCUT2D eigenvalue weighted by molar-refractivity contribution is 5.58. The van der Waals surface area contributed by atoms with Gasteiger partial charge in [-0.25, -0.2) is 0 Å². The first-order valence-corrected chi connectivity index (χ1v) is 5.81. The average Bonchev–Trinajstić information content (AvgIpc) is 2.18. The molecule has 1 fully saturated rings. The minimum Gasteiger partial charge on any atom is -0.382 e. The Morgan fingerprint density at radius 3 is 2.73 bits per heavy atom. The Labute approximate surface area is 91.9 Å². The fraction of sp³-hybridized carbons (Fsp3) is 0.538. The van der Waals surface area contributed by atoms with Crippen LogP contribution in [0.25, 0.3) is 0 Å². The number of anilines is 1. The maximum Gasteiger partial charge on any atom is 0.0404 e. The predicted molar refractivity (Wildman–Crippen MR) is 65.2 cm³/mol. The second-order valence-corrected chi connectivity index (χ2v) is 4.54. The Morgan fingerprint density at radius 1 is 1.40 bits per heavy atom. The number of nitrogens with one attached hydrogen (secondary N) is 1. The summed E-state index contributed by atoms with van der Waals surface area (Å²) in [6, 6.07) is 7.50. The summed E-state index contributed by atoms with van der Waals surface area (Å²) < 4.78 is 0. The quantitative estimate of drug-likeness (QED) is 0.793. The van der Waals surface area contributed by atoms with Crippen LogP contribution in [0.2, 0.25) is 0 Å². The van der Waals surface area contributed by atoms with Gasteiger partial charge < -0.3 is 11.1 Å². The molecule has 1 aliphatic carbocycles. The molecule has 0 bridgehead atoms. The van der Waals surface area contributed by atoms with Gasteiger partial charge in [0.2, 0.25) is 0 Å². The lowest BCUT2D eigenvalue weighted by molar-refractivity contribution is 0.373. The van der Waals surface area contributed by atoms with E-state index in [4.69, 9.17) is 5.73 Å². The van der Waals surface area contributed by atoms with Crippen LogP contribution in [-0.2, 0) is 6.42 Å². The summed E-state index contributed by atoms with van der Waals surface area (Å²) in [5.74, 6) is 0. The molecule has 2 nitrogen and oxygen atoms in total. The van der Waals surface area contributed by atoms with Crippen molar-refractivity contribution in [1.29, 1.82) is 0 Å². The number of para-hydroxylation sites is 1. The van der Waals surface area contributed by atoms with Crippen LogP contribution in [0.4, 0.5) is 5.69 Å². The van der Waals surface area contributed by atoms with E-state index in [-0.39, 0.29) is 0 Å². The summed E-state index contributed by atoms with van der Waals surface area (Å²) in [6.07, 6.45) is 3.30. The van der Waals surface area contributed by atoms with E-state index >= 15 is 0 Å². The first-order valence-electron chi connectivity index (χ1n) is 5.81. The Balaban J connectivity index is 2.12. The van der Waals surface area contributed by atoms with Crippen LogP contribution in [0, 0.1) is 6.92 Å². The van der Waals surface area contributed by atoms with Crippen LogP contribution < -0.4 is 11.1 Å². The number of hydrogen-bond donors (Lipinski definition) is 2. The van der Waals surface area contributed by atoms with Crippen LogP contribution >= 0.6 is 0 Å². The Hall–Kier alpha value is -1.02. The molecule has 0 spiro atoms. The third-order valence-electron chi connectivity index (χ3n) is 3.26. The Bertz CT molecular complexity index is 340. The number of hydrogen-bond acceptors (Lipinski definition) is 2. The van der Waals surface area contributed by atoms with Gasteiger partial charge in [-0.15, -0.1) is 0 Å². The number of rotatable bonds is 3. The molecule has 2 heteroatoms. The summed E-state index contributed by atoms with van der Waals surface area (Å²) in [4.78, 5) is 0. The van der Waals surface area contributed by atoms with Crippen molar-refractivity contribution in [3.8, 4) is 0 Å². The summed E-state index contributed by atoms with van der Waals surface area (Å²) in [5, 5.41) is 3.62. The molecule has 82 valence electrons. The minimum absolute atomic E-state index is 0.414. The Morgan fingerprint density at radius 2 is 2.13 bits per heavy atom. The summed E-state index contributed by atoms with van der Waals surface area (Å²) >= 11 is 0. The lowest BCUT2D eigenvalue weighted by atomic mass is 9.87. The molecule has 1 aromatic rings. The molecule has 0 radical (unpaired) electrons. The lowest BCUT2D eigenvalue weighted by Gasteiger charge is -2.35. The highest BCUT2D eigenvalue weighted by Gasteiger charge is 2.26. The summed E-state index contributed by atoms with van der Waals surface area (Å²) in [5.41, 5.74) is 9.88. The van der Waals surface area contributed by atoms with Crippen molar-refractivity contribution < 1.29 is 0 Å². The van der Waals surface area contributed by atoms with E-state index in [1.807, 2.05) is 0 Å². The molecule has 0 heterocycles. The lowest BCUT2D eigenvalue weighted by Crippen LogP contribution is -2.44. The highest BCUT2D eigenvalue weighted by atomic mass is 15.0. The summed E-state index contributed by atoms with van der Waals surface area (Å²) in [6.45, 7) is 4.37. The topological polar surface area (TPSA) is 38.0 Å². The van der Waals surface area contributed by atoms with Gasteiger partial charge in [-0.3, -0.25) is 0 Å². The standard InChI is InChI=1S/C13H20N2/c1-3-10-6-4-5-9(2)13(10)15-12-7-11(14)8-12/h4-6,11-12,15H,3,7-8,14H2,1-2H3. The van der Waals surface area contributed by atoms with Crippen molar-refractivity contribution in [1.82, 2.24) is 0 Å². The van der Waals surface area contributed by atoms with Gasteiger partial charge in [0.15, 0.2) is 0 Å². The number of aryl methyl sites for hydroxylation is 2. The van der Waals surface area contributed by atoms with Crippen LogP contribution in [0.1, 0.15) is 30.9 Å². The van der Waals surface area contributed by atoms with E-state index in [9.17, 15) is 0 Å². The molecule has 0 aromatic heterocycles. The molecule has 1 saturated carbocycles. The van der Waals surface area contributed by atoms with Crippen LogP contribution in [0.15, 0.2) is 18.2 Å². The van der Waals surface area contributed by atoms with Gasteiger partial charge in [0, 0.05) is 17.8 Å². The van der Waals surface area contributed by atoms with E-state index in [1.54, 1.807) is 0 Å². The first kappa shape index (κ1) is 10.5. The van der Waals surface area contributed by atoms with E-state index in [1.165, 1.54) is 16.8 Å². The van der Waals surface area contributed by atoms with Crippen molar-refractivity contribution in [2.45, 2.75) is 45.2 Å². The van der Waals surface area contributed by atoms with E-state index in [0.29, 0.717) is 12.1 Å². The fourth-order valence-electron chi connectivity index (χ4n) is 2.21. The molecule has 0 aliphatic heterocycles. The van der Waals surface area contributed by atoms with E-state index in [0.717, 1.165) is 19.3 Å². The second-order valence-electron chi connectivity index (χ2n) is 4.54. The molecule has 0 atom stereocenters. The van der Waals surface area contributed by atoms with Crippen molar-refractivity contribution >= 4 is 5.69 Å². The molecule has 15 heavy (non-hydrogen) atoms. The van der Waals surface area contributed by atoms with Gasteiger partial charge in [-0.05, 0) is 37.3 Å². The van der Waals surface area contributed by atoms with Crippen molar-refractivity contribution in [3.63, 3.8) is 0 Å². The molecule has 0 saturated heterocycles. The molecule has 1 aromatic carbocycles. The molecule has 0 unspecified atom stereocenters. The van der Waals surface area contributed by atoms with Crippen molar-refractivity contribution in [3.05, 3.63) is 29.3 Å². The van der Waals surface area contributed by atoms with Crippen LogP contribution in [0.5, 0.6) is 0 Å². The number of benzene rings is 1. The molecule has 2 rings (SSSR count). The first-order chi connectivity index (χ1) is 7.20. The predicted octanol–water partition coefficient (Wildman–Crippen LogP) is 2.46. The third kappa shape index (κ3) is 2.15. The van der Waals surface area contributed by atoms with Gasteiger partial charge in [0.25, 0.3) is 0 Å². The van der Waals surface area contributed by atoms with E-state index < -0.39 is 0 Å². The minimum atomic E-state index is 0.414. The average molecular weight is 204 g/mol. The van der Waals surface area contributed by atoms with Gasteiger partial charge in [-0.2, -0.15) is 0 Å². The second kappa shape index (κ2) is 4.23. The molecular formula is C13H20N2. The molecule has 3 N–H and O–H groups in total. The maximum absolute atomic E-state index is 5.79. The van der Waals surface area contributed by atoms with Crippen LogP contribution in [0.3, 0.4) is 0 Å². The zero-order valence-corrected chi connectivity index (χ0v) is 9.59. The SMILES string of the molecule is CCc1cccc(C)c1NC1CC(N)C1. The smallest absolute Gasteiger partial charge is 0.0404 e. The van der Waals surface area contributed by atoms with Gasteiger partial charge >= 0.3 is 0 Å². The largest absolute Gasteiger partial charge is 0.382 e. The normalized spacial score (nSPS) is 24.7. The van der Waals surface area contributed by atoms with Gasteiger partial charge in [0.1, 0.15) is 0 Å². The molecular weight excluding hydrogens is 184 g/mol. The zero-order chi connectivity index (χ0) is 10.8. The summed E-state index contributed by atoms with van der Waals surface area (Å²) in [7, 11) is 0. The van der Waals surface area contributed by atoms with Gasteiger partial charge in [-0.1, -0.05) is 25.1 Å². The van der Waals surface area contributed by atoms with Gasteiger partial charge in [0.05, 0.1) is 0 Å².